The molecule has 0 aromatic rings. The van der Waals surface area contributed by atoms with E-state index in [0.29, 0.717) is 0 Å². The van der Waals surface area contributed by atoms with Gasteiger partial charge in [-0.25, -0.2) is 0 Å². The van der Waals surface area contributed by atoms with Gasteiger partial charge in [0.2, 0.25) is 0 Å². The summed E-state index contributed by atoms with van der Waals surface area (Å²) in [5.74, 6) is -0.222. The summed E-state index contributed by atoms with van der Waals surface area (Å²) in [6, 6.07) is 0. The first kappa shape index (κ1) is 6.63. The predicted octanol–water partition coefficient (Wildman–Crippen LogP) is 0.202. The number of aliphatic hydroxyl groups is 1. The van der Waals surface area contributed by atoms with Crippen molar-refractivity contribution in [3.8, 4) is 0 Å². The van der Waals surface area contributed by atoms with E-state index in [4.69, 9.17) is 5.11 Å². The van der Waals surface area contributed by atoms with Crippen LogP contribution in [0.3, 0.4) is 0 Å². The van der Waals surface area contributed by atoms with Crippen LogP contribution in [0, 0.1) is 5.92 Å². The molecule has 0 aromatic heterocycles. The van der Waals surface area contributed by atoms with Crippen molar-refractivity contribution in [1.82, 2.24) is 0 Å². The summed E-state index contributed by atoms with van der Waals surface area (Å²) in [6.07, 6.45) is 0.238. The van der Waals surface area contributed by atoms with E-state index in [0.717, 1.165) is 6.29 Å². The van der Waals surface area contributed by atoms with E-state index < -0.39 is 6.10 Å². The third-order valence-electron chi connectivity index (χ3n) is 0.976. The molecule has 0 aliphatic carbocycles. The first-order valence-electron chi connectivity index (χ1n) is 2.32. The van der Waals surface area contributed by atoms with Crippen molar-refractivity contribution in [3.63, 3.8) is 0 Å². The zero-order valence-electron chi connectivity index (χ0n) is 4.59. The Labute approximate surface area is 43.2 Å². The molecule has 0 fully saturated rings. The maximum atomic E-state index is 9.79. The molecule has 0 bridgehead atoms. The molecular weight excluding hydrogens is 92.1 g/mol. The van der Waals surface area contributed by atoms with Crippen molar-refractivity contribution < 1.29 is 9.90 Å². The number of rotatable bonds is 2. The average Bonchev–Trinajstić information content (AvgIpc) is 1.65. The molecule has 7 heavy (non-hydrogen) atoms. The van der Waals surface area contributed by atoms with Crippen molar-refractivity contribution >= 4 is 6.29 Å². The fraction of sp³-hybridized carbons (Fsp3) is 0.800. The summed E-state index contributed by atoms with van der Waals surface area (Å²) in [4.78, 5) is 9.79. The highest BCUT2D eigenvalue weighted by molar-refractivity contribution is 5.53. The van der Waals surface area contributed by atoms with Gasteiger partial charge in [-0.1, -0.05) is 6.92 Å². The number of aliphatic hydroxyl groups excluding tert-OH is 1. The Bertz CT molecular complexity index is 59.1. The molecule has 0 aromatic carbocycles. The van der Waals surface area contributed by atoms with Crippen LogP contribution in [0.25, 0.3) is 0 Å². The topological polar surface area (TPSA) is 37.3 Å². The Morgan fingerprint density at radius 2 is 2.00 bits per heavy atom. The second-order valence-corrected chi connectivity index (χ2v) is 1.74. The lowest BCUT2D eigenvalue weighted by Crippen LogP contribution is -2.13. The van der Waals surface area contributed by atoms with Gasteiger partial charge in [-0.05, 0) is 6.92 Å². The van der Waals surface area contributed by atoms with E-state index in [1.54, 1.807) is 13.8 Å². The molecule has 0 aliphatic rings. The van der Waals surface area contributed by atoms with Crippen LogP contribution in [-0.4, -0.2) is 17.5 Å². The molecule has 2 unspecified atom stereocenters. The molecule has 0 saturated carbocycles. The van der Waals surface area contributed by atoms with Gasteiger partial charge < -0.3 is 9.90 Å². The minimum absolute atomic E-state index is 0.222. The van der Waals surface area contributed by atoms with Gasteiger partial charge in [-0.3, -0.25) is 0 Å². The Kier molecular flexibility index (Phi) is 2.60. The maximum Gasteiger partial charge on any atom is 0.125 e. The third-order valence-corrected chi connectivity index (χ3v) is 0.976. The van der Waals surface area contributed by atoms with Crippen molar-refractivity contribution in [2.24, 2.45) is 5.92 Å². The molecule has 0 rings (SSSR count). The highest BCUT2D eigenvalue weighted by Crippen LogP contribution is 1.94. The van der Waals surface area contributed by atoms with E-state index in [9.17, 15) is 4.79 Å². The van der Waals surface area contributed by atoms with Gasteiger partial charge >= 0.3 is 0 Å². The van der Waals surface area contributed by atoms with E-state index in [-0.39, 0.29) is 5.92 Å². The van der Waals surface area contributed by atoms with E-state index in [1.807, 2.05) is 0 Å². The van der Waals surface area contributed by atoms with E-state index in [2.05, 4.69) is 0 Å². The molecule has 0 heterocycles. The fourth-order valence-electron chi connectivity index (χ4n) is 0.114. The summed E-state index contributed by atoms with van der Waals surface area (Å²) in [5, 5.41) is 8.59. The van der Waals surface area contributed by atoms with E-state index >= 15 is 0 Å². The van der Waals surface area contributed by atoms with Gasteiger partial charge in [0.05, 0.1) is 6.10 Å². The standard InChI is InChI=1S/C5H10O2/c1-4(3-6)5(2)7/h3-5,7H,1-2H3. The van der Waals surface area contributed by atoms with Gasteiger partial charge in [0, 0.05) is 5.92 Å². The van der Waals surface area contributed by atoms with Crippen LogP contribution in [0.15, 0.2) is 0 Å². The van der Waals surface area contributed by atoms with Crippen LogP contribution in [0.4, 0.5) is 0 Å². The maximum absolute atomic E-state index is 9.79. The van der Waals surface area contributed by atoms with Crippen molar-refractivity contribution in [3.05, 3.63) is 0 Å². The molecule has 0 amide bonds. The Morgan fingerprint density at radius 3 is 2.00 bits per heavy atom. The second kappa shape index (κ2) is 2.75. The van der Waals surface area contributed by atoms with Gasteiger partial charge in [-0.2, -0.15) is 0 Å². The average molecular weight is 102 g/mol. The smallest absolute Gasteiger partial charge is 0.125 e. The normalized spacial score (nSPS) is 18.1. The van der Waals surface area contributed by atoms with Gasteiger partial charge in [0.15, 0.2) is 0 Å². The largest absolute Gasteiger partial charge is 0.393 e. The number of carbonyl (C=O) groups is 1. The molecular formula is C5H10O2. The first-order valence-corrected chi connectivity index (χ1v) is 2.32. The predicted molar refractivity (Wildman–Crippen MR) is 26.9 cm³/mol. The van der Waals surface area contributed by atoms with Crippen LogP contribution in [-0.2, 0) is 4.79 Å². The molecule has 1 N–H and O–H groups in total. The summed E-state index contributed by atoms with van der Waals surface area (Å²) in [5.41, 5.74) is 0. The molecule has 2 atom stereocenters. The van der Waals surface area contributed by atoms with Crippen molar-refractivity contribution in [1.29, 1.82) is 0 Å². The highest BCUT2D eigenvalue weighted by Gasteiger charge is 2.04. The van der Waals surface area contributed by atoms with Crippen LogP contribution in [0.1, 0.15) is 13.8 Å². The monoisotopic (exact) mass is 102 g/mol. The lowest BCUT2D eigenvalue weighted by Gasteiger charge is -2.03. The van der Waals surface area contributed by atoms with Crippen LogP contribution >= 0.6 is 0 Å². The molecule has 2 nitrogen and oxygen atoms in total. The molecule has 0 aliphatic heterocycles. The zero-order chi connectivity index (χ0) is 5.86. The Morgan fingerprint density at radius 1 is 1.57 bits per heavy atom. The fourth-order valence-corrected chi connectivity index (χ4v) is 0.114. The lowest BCUT2D eigenvalue weighted by atomic mass is 10.1. The molecule has 0 radical (unpaired) electrons. The second-order valence-electron chi connectivity index (χ2n) is 1.74. The van der Waals surface area contributed by atoms with Gasteiger partial charge in [-0.15, -0.1) is 0 Å². The quantitative estimate of drug-likeness (QED) is 0.506. The summed E-state index contributed by atoms with van der Waals surface area (Å²) < 4.78 is 0. The minimum Gasteiger partial charge on any atom is -0.393 e. The zero-order valence-corrected chi connectivity index (χ0v) is 4.59. The summed E-state index contributed by atoms with van der Waals surface area (Å²) in [7, 11) is 0. The van der Waals surface area contributed by atoms with Gasteiger partial charge in [0.1, 0.15) is 6.29 Å². The Hall–Kier alpha value is -0.370. The lowest BCUT2D eigenvalue weighted by molar-refractivity contribution is -0.113. The highest BCUT2D eigenvalue weighted by atomic mass is 16.3. The van der Waals surface area contributed by atoms with Gasteiger partial charge in [0.25, 0.3) is 0 Å². The summed E-state index contributed by atoms with van der Waals surface area (Å²) >= 11 is 0. The number of hydrogen-bond acceptors (Lipinski definition) is 2. The van der Waals surface area contributed by atoms with E-state index in [1.165, 1.54) is 0 Å². The first-order chi connectivity index (χ1) is 3.18. The van der Waals surface area contributed by atoms with Crippen molar-refractivity contribution in [2.45, 2.75) is 20.0 Å². The number of hydrogen-bond donors (Lipinski definition) is 1. The van der Waals surface area contributed by atoms with Crippen LogP contribution < -0.4 is 0 Å². The molecule has 0 spiro atoms. The molecule has 0 saturated heterocycles. The number of carbonyl (C=O) groups excluding carboxylic acids is 1. The summed E-state index contributed by atoms with van der Waals surface area (Å²) in [6.45, 7) is 3.27. The third kappa shape index (κ3) is 2.34. The van der Waals surface area contributed by atoms with Crippen LogP contribution in [0.2, 0.25) is 0 Å². The number of aldehydes is 1. The Balaban J connectivity index is 3.33. The SMILES string of the molecule is CC(O)C(C)C=O. The van der Waals surface area contributed by atoms with Crippen molar-refractivity contribution in [2.75, 3.05) is 0 Å². The van der Waals surface area contributed by atoms with Crippen LogP contribution in [0.5, 0.6) is 0 Å². The minimum atomic E-state index is -0.502. The molecule has 2 heteroatoms. The molecule has 42 valence electrons.